The van der Waals surface area contributed by atoms with Crippen LogP contribution in [0.3, 0.4) is 0 Å². The Morgan fingerprint density at radius 2 is 1.94 bits per heavy atom. The van der Waals surface area contributed by atoms with E-state index in [1.807, 2.05) is 31.2 Å². The molecule has 0 aromatic carbocycles. The molecule has 4 heteroatoms. The lowest BCUT2D eigenvalue weighted by Crippen LogP contribution is -2.14. The Hall–Kier alpha value is -1.94. The molecule has 18 heavy (non-hydrogen) atoms. The van der Waals surface area contributed by atoms with E-state index in [0.29, 0.717) is 0 Å². The summed E-state index contributed by atoms with van der Waals surface area (Å²) in [5.74, 6) is 0.850. The maximum Gasteiger partial charge on any atom is 0.122 e. The Morgan fingerprint density at radius 3 is 2.67 bits per heavy atom. The van der Waals surface area contributed by atoms with E-state index in [9.17, 15) is 0 Å². The van der Waals surface area contributed by atoms with Gasteiger partial charge in [0.15, 0.2) is 0 Å². The van der Waals surface area contributed by atoms with E-state index in [1.54, 1.807) is 19.5 Å². The topological polar surface area (TPSA) is 47.0 Å². The van der Waals surface area contributed by atoms with Gasteiger partial charge >= 0.3 is 0 Å². The second-order valence-corrected chi connectivity index (χ2v) is 4.10. The lowest BCUT2D eigenvalue weighted by Gasteiger charge is -2.07. The molecule has 0 atom stereocenters. The van der Waals surface area contributed by atoms with E-state index in [4.69, 9.17) is 4.74 Å². The number of nitrogens with zero attached hydrogens (tertiary/aromatic N) is 2. The summed E-state index contributed by atoms with van der Waals surface area (Å²) in [6.07, 6.45) is 3.59. The number of aryl methyl sites for hydroxylation is 1. The highest BCUT2D eigenvalue weighted by molar-refractivity contribution is 5.26. The zero-order chi connectivity index (χ0) is 12.8. The average molecular weight is 243 g/mol. The van der Waals surface area contributed by atoms with E-state index < -0.39 is 0 Å². The molecule has 2 rings (SSSR count). The van der Waals surface area contributed by atoms with E-state index in [2.05, 4.69) is 15.3 Å². The molecule has 0 fully saturated rings. The van der Waals surface area contributed by atoms with Gasteiger partial charge in [-0.1, -0.05) is 0 Å². The fourth-order valence-corrected chi connectivity index (χ4v) is 1.75. The van der Waals surface area contributed by atoms with Gasteiger partial charge in [-0.05, 0) is 24.6 Å². The van der Waals surface area contributed by atoms with E-state index in [0.717, 1.165) is 30.2 Å². The molecule has 0 amide bonds. The first-order chi connectivity index (χ1) is 8.78. The highest BCUT2D eigenvalue weighted by Gasteiger charge is 2.00. The molecule has 0 radical (unpaired) electrons. The zero-order valence-corrected chi connectivity index (χ0v) is 10.7. The quantitative estimate of drug-likeness (QED) is 0.873. The van der Waals surface area contributed by atoms with Crippen LogP contribution in [0.4, 0.5) is 0 Å². The standard InChI is InChI=1S/C14H17N3O/c1-11-7-14(18-2)8-13(17-11)10-16-9-12-3-5-15-6-4-12/h3-8,16H,9-10H2,1-2H3. The zero-order valence-electron chi connectivity index (χ0n) is 10.7. The molecular formula is C14H17N3O. The number of rotatable bonds is 5. The summed E-state index contributed by atoms with van der Waals surface area (Å²) in [4.78, 5) is 8.45. The normalized spacial score (nSPS) is 10.3. The van der Waals surface area contributed by atoms with Crippen molar-refractivity contribution in [2.24, 2.45) is 0 Å². The van der Waals surface area contributed by atoms with E-state index in [-0.39, 0.29) is 0 Å². The second-order valence-electron chi connectivity index (χ2n) is 4.10. The van der Waals surface area contributed by atoms with Gasteiger partial charge < -0.3 is 10.1 Å². The smallest absolute Gasteiger partial charge is 0.122 e. The van der Waals surface area contributed by atoms with Gasteiger partial charge in [-0.25, -0.2) is 0 Å². The SMILES string of the molecule is COc1cc(C)nc(CNCc2ccncc2)c1. The molecular weight excluding hydrogens is 226 g/mol. The molecule has 4 nitrogen and oxygen atoms in total. The van der Waals surface area contributed by atoms with Crippen LogP contribution >= 0.6 is 0 Å². The van der Waals surface area contributed by atoms with Crippen molar-refractivity contribution >= 4 is 0 Å². The molecule has 0 aliphatic rings. The fraction of sp³-hybridized carbons (Fsp3) is 0.286. The third-order valence-electron chi connectivity index (χ3n) is 2.60. The first kappa shape index (κ1) is 12.5. The molecule has 0 saturated carbocycles. The minimum Gasteiger partial charge on any atom is -0.497 e. The molecule has 0 saturated heterocycles. The molecule has 2 aromatic heterocycles. The van der Waals surface area contributed by atoms with Gasteiger partial charge in [0, 0.05) is 43.3 Å². The van der Waals surface area contributed by atoms with Crippen molar-refractivity contribution in [2.75, 3.05) is 7.11 Å². The van der Waals surface area contributed by atoms with Crippen molar-refractivity contribution in [1.29, 1.82) is 0 Å². The van der Waals surface area contributed by atoms with Gasteiger partial charge in [0.05, 0.1) is 12.8 Å². The first-order valence-corrected chi connectivity index (χ1v) is 5.89. The highest BCUT2D eigenvalue weighted by atomic mass is 16.5. The Bertz CT molecular complexity index is 500. The lowest BCUT2D eigenvalue weighted by atomic mass is 10.2. The molecule has 94 valence electrons. The second kappa shape index (κ2) is 6.12. The third-order valence-corrected chi connectivity index (χ3v) is 2.60. The largest absolute Gasteiger partial charge is 0.497 e. The van der Waals surface area contributed by atoms with Crippen molar-refractivity contribution in [3.8, 4) is 5.75 Å². The first-order valence-electron chi connectivity index (χ1n) is 5.89. The third kappa shape index (κ3) is 3.53. The summed E-state index contributed by atoms with van der Waals surface area (Å²) >= 11 is 0. The maximum atomic E-state index is 5.22. The summed E-state index contributed by atoms with van der Waals surface area (Å²) in [6, 6.07) is 7.87. The Morgan fingerprint density at radius 1 is 1.17 bits per heavy atom. The van der Waals surface area contributed by atoms with Crippen molar-refractivity contribution in [2.45, 2.75) is 20.0 Å². The van der Waals surface area contributed by atoms with Crippen LogP contribution in [0.25, 0.3) is 0 Å². The van der Waals surface area contributed by atoms with Gasteiger partial charge in [0.25, 0.3) is 0 Å². The van der Waals surface area contributed by atoms with Crippen LogP contribution in [-0.4, -0.2) is 17.1 Å². The van der Waals surface area contributed by atoms with Crippen molar-refractivity contribution in [1.82, 2.24) is 15.3 Å². The molecule has 0 aliphatic heterocycles. The summed E-state index contributed by atoms with van der Waals surface area (Å²) in [5.41, 5.74) is 3.17. The van der Waals surface area contributed by atoms with Gasteiger partial charge in [-0.15, -0.1) is 0 Å². The van der Waals surface area contributed by atoms with Gasteiger partial charge in [0.2, 0.25) is 0 Å². The van der Waals surface area contributed by atoms with Crippen molar-refractivity contribution in [3.05, 3.63) is 53.6 Å². The molecule has 0 spiro atoms. The number of hydrogen-bond donors (Lipinski definition) is 1. The van der Waals surface area contributed by atoms with Crippen molar-refractivity contribution < 1.29 is 4.74 Å². The molecule has 1 N–H and O–H groups in total. The fourth-order valence-electron chi connectivity index (χ4n) is 1.75. The Balaban J connectivity index is 1.92. The number of pyridine rings is 2. The van der Waals surface area contributed by atoms with Gasteiger partial charge in [-0.2, -0.15) is 0 Å². The highest BCUT2D eigenvalue weighted by Crippen LogP contribution is 2.13. The number of aromatic nitrogens is 2. The molecule has 2 heterocycles. The van der Waals surface area contributed by atoms with Crippen LogP contribution in [-0.2, 0) is 13.1 Å². The van der Waals surface area contributed by atoms with Crippen LogP contribution in [0.5, 0.6) is 5.75 Å². The van der Waals surface area contributed by atoms with Crippen LogP contribution in [0.15, 0.2) is 36.7 Å². The average Bonchev–Trinajstić information content (AvgIpc) is 2.39. The number of methoxy groups -OCH3 is 1. The summed E-state index contributed by atoms with van der Waals surface area (Å²) in [5, 5.41) is 3.35. The summed E-state index contributed by atoms with van der Waals surface area (Å²) < 4.78 is 5.22. The van der Waals surface area contributed by atoms with Crippen LogP contribution in [0, 0.1) is 6.92 Å². The van der Waals surface area contributed by atoms with Crippen LogP contribution in [0.1, 0.15) is 17.0 Å². The Labute approximate surface area is 107 Å². The molecule has 2 aromatic rings. The Kier molecular flexibility index (Phi) is 4.25. The maximum absolute atomic E-state index is 5.22. The summed E-state index contributed by atoms with van der Waals surface area (Å²) in [7, 11) is 1.67. The van der Waals surface area contributed by atoms with Crippen LogP contribution < -0.4 is 10.1 Å². The minimum atomic E-state index is 0.723. The molecule has 0 unspecified atom stereocenters. The number of ether oxygens (including phenoxy) is 1. The van der Waals surface area contributed by atoms with E-state index in [1.165, 1.54) is 5.56 Å². The predicted molar refractivity (Wildman–Crippen MR) is 70.3 cm³/mol. The molecule has 0 aliphatic carbocycles. The number of nitrogens with one attached hydrogen (secondary N) is 1. The monoisotopic (exact) mass is 243 g/mol. The lowest BCUT2D eigenvalue weighted by molar-refractivity contribution is 0.412. The van der Waals surface area contributed by atoms with E-state index >= 15 is 0 Å². The van der Waals surface area contributed by atoms with Crippen molar-refractivity contribution in [3.63, 3.8) is 0 Å². The summed E-state index contributed by atoms with van der Waals surface area (Å²) in [6.45, 7) is 3.50. The molecule has 0 bridgehead atoms. The minimum absolute atomic E-state index is 0.723. The number of hydrogen-bond acceptors (Lipinski definition) is 4. The van der Waals surface area contributed by atoms with Gasteiger partial charge in [-0.3, -0.25) is 9.97 Å². The predicted octanol–water partition coefficient (Wildman–Crippen LogP) is 2.08. The van der Waals surface area contributed by atoms with Gasteiger partial charge in [0.1, 0.15) is 5.75 Å². The van der Waals surface area contributed by atoms with Crippen LogP contribution in [0.2, 0.25) is 0 Å².